The van der Waals surface area contributed by atoms with Crippen molar-refractivity contribution in [3.05, 3.63) is 52.3 Å². The fourth-order valence-electron chi connectivity index (χ4n) is 4.30. The van der Waals surface area contributed by atoms with Crippen molar-refractivity contribution in [1.29, 1.82) is 0 Å². The van der Waals surface area contributed by atoms with Gasteiger partial charge in [0, 0.05) is 11.8 Å². The summed E-state index contributed by atoms with van der Waals surface area (Å²) in [5.41, 5.74) is 3.59. The molecule has 0 saturated heterocycles. The first-order valence-electron chi connectivity index (χ1n) is 9.99. The minimum absolute atomic E-state index is 0.357. The maximum Gasteiger partial charge on any atom is 0.147 e. The molecule has 26 heavy (non-hydrogen) atoms. The van der Waals surface area contributed by atoms with E-state index in [1.807, 2.05) is 6.07 Å². The molecule has 3 rings (SSSR count). The summed E-state index contributed by atoms with van der Waals surface area (Å²) in [6.07, 6.45) is 11.5. The van der Waals surface area contributed by atoms with Gasteiger partial charge in [0.15, 0.2) is 0 Å². The molecule has 2 aromatic rings. The van der Waals surface area contributed by atoms with Crippen LogP contribution in [-0.4, -0.2) is 4.98 Å². The largest absolute Gasteiger partial charge is 0.242 e. The summed E-state index contributed by atoms with van der Waals surface area (Å²) in [4.78, 5) is 4.15. The summed E-state index contributed by atoms with van der Waals surface area (Å²) >= 11 is 12.0. The molecule has 1 aromatic carbocycles. The summed E-state index contributed by atoms with van der Waals surface area (Å²) in [6.45, 7) is 4.69. The predicted molar refractivity (Wildman–Crippen MR) is 113 cm³/mol. The normalized spacial score (nSPS) is 21.5. The number of unbranched alkanes of at least 4 members (excludes halogenated alkanes) is 1. The molecule has 1 fully saturated rings. The van der Waals surface area contributed by atoms with Gasteiger partial charge in [0.1, 0.15) is 5.15 Å². The van der Waals surface area contributed by atoms with Crippen LogP contribution in [0, 0.1) is 11.8 Å². The molecule has 1 nitrogen and oxygen atoms in total. The first-order chi connectivity index (χ1) is 12.6. The van der Waals surface area contributed by atoms with E-state index in [1.165, 1.54) is 50.5 Å². The Balaban J connectivity index is 1.62. The van der Waals surface area contributed by atoms with Crippen LogP contribution < -0.4 is 0 Å². The molecule has 1 aliphatic rings. The van der Waals surface area contributed by atoms with Crippen molar-refractivity contribution in [2.45, 2.75) is 64.7 Å². The second kappa shape index (κ2) is 9.24. The van der Waals surface area contributed by atoms with Crippen molar-refractivity contribution in [1.82, 2.24) is 4.98 Å². The summed E-state index contributed by atoms with van der Waals surface area (Å²) in [5.74, 6) is 2.43. The molecule has 0 N–H and O–H groups in total. The lowest BCUT2D eigenvalue weighted by molar-refractivity contribution is 0.237. The first-order valence-corrected chi connectivity index (χ1v) is 10.8. The molecule has 140 valence electrons. The lowest BCUT2D eigenvalue weighted by Gasteiger charge is -2.32. The van der Waals surface area contributed by atoms with Gasteiger partial charge in [-0.15, -0.1) is 0 Å². The number of aromatic nitrogens is 1. The molecule has 1 aromatic heterocycles. The molecule has 0 aliphatic heterocycles. The van der Waals surface area contributed by atoms with Gasteiger partial charge >= 0.3 is 0 Å². The third-order valence-electron chi connectivity index (χ3n) is 6.13. The summed E-state index contributed by atoms with van der Waals surface area (Å²) in [7, 11) is 0. The van der Waals surface area contributed by atoms with E-state index in [0.29, 0.717) is 16.1 Å². The SMILES string of the molecule is CCCCC1CCC(C(C)c2ccc(-c3cnc(Cl)c(Cl)c3)cc2)CC1. The highest BCUT2D eigenvalue weighted by molar-refractivity contribution is 6.41. The van der Waals surface area contributed by atoms with E-state index in [9.17, 15) is 0 Å². The average molecular weight is 390 g/mol. The van der Waals surface area contributed by atoms with E-state index in [0.717, 1.165) is 23.0 Å². The molecule has 1 saturated carbocycles. The van der Waals surface area contributed by atoms with E-state index >= 15 is 0 Å². The number of halogens is 2. The molecule has 0 bridgehead atoms. The van der Waals surface area contributed by atoms with Gasteiger partial charge in [-0.25, -0.2) is 4.98 Å². The van der Waals surface area contributed by atoms with E-state index in [1.54, 1.807) is 6.20 Å². The fraction of sp³-hybridized carbons (Fsp3) is 0.522. The Kier molecular flexibility index (Phi) is 7.00. The van der Waals surface area contributed by atoms with Gasteiger partial charge in [-0.05, 0) is 47.8 Å². The van der Waals surface area contributed by atoms with Crippen LogP contribution in [0.4, 0.5) is 0 Å². The van der Waals surface area contributed by atoms with Crippen LogP contribution >= 0.6 is 23.2 Å². The van der Waals surface area contributed by atoms with Gasteiger partial charge in [0.2, 0.25) is 0 Å². The maximum atomic E-state index is 6.10. The van der Waals surface area contributed by atoms with Crippen molar-refractivity contribution in [2.75, 3.05) is 0 Å². The van der Waals surface area contributed by atoms with Gasteiger partial charge in [0.25, 0.3) is 0 Å². The number of benzene rings is 1. The molecule has 3 heteroatoms. The van der Waals surface area contributed by atoms with Crippen molar-refractivity contribution >= 4 is 23.2 Å². The highest BCUT2D eigenvalue weighted by atomic mass is 35.5. The lowest BCUT2D eigenvalue weighted by atomic mass is 9.73. The molecular formula is C23H29Cl2N. The van der Waals surface area contributed by atoms with Gasteiger partial charge in [-0.1, -0.05) is 93.4 Å². The Morgan fingerprint density at radius 1 is 1.04 bits per heavy atom. The van der Waals surface area contributed by atoms with E-state index < -0.39 is 0 Å². The zero-order valence-corrected chi connectivity index (χ0v) is 17.4. The quantitative estimate of drug-likeness (QED) is 0.453. The second-order valence-electron chi connectivity index (χ2n) is 7.83. The van der Waals surface area contributed by atoms with Crippen LogP contribution in [0.2, 0.25) is 10.2 Å². The van der Waals surface area contributed by atoms with Gasteiger partial charge in [-0.3, -0.25) is 0 Å². The Bertz CT molecular complexity index is 703. The highest BCUT2D eigenvalue weighted by Gasteiger charge is 2.25. The fourth-order valence-corrected chi connectivity index (χ4v) is 4.57. The van der Waals surface area contributed by atoms with Crippen LogP contribution in [0.3, 0.4) is 0 Å². The average Bonchev–Trinajstić information content (AvgIpc) is 2.68. The van der Waals surface area contributed by atoms with E-state index in [4.69, 9.17) is 23.2 Å². The van der Waals surface area contributed by atoms with Crippen molar-refractivity contribution < 1.29 is 0 Å². The smallest absolute Gasteiger partial charge is 0.147 e. The van der Waals surface area contributed by atoms with Gasteiger partial charge in [-0.2, -0.15) is 0 Å². The summed E-state index contributed by atoms with van der Waals surface area (Å²) in [5, 5.41) is 0.858. The molecule has 0 radical (unpaired) electrons. The third kappa shape index (κ3) is 4.81. The predicted octanol–water partition coefficient (Wildman–Crippen LogP) is 8.16. The minimum Gasteiger partial charge on any atom is -0.242 e. The lowest BCUT2D eigenvalue weighted by Crippen LogP contribution is -2.19. The zero-order chi connectivity index (χ0) is 18.5. The number of hydrogen-bond donors (Lipinski definition) is 0. The molecule has 0 amide bonds. The number of nitrogens with zero attached hydrogens (tertiary/aromatic N) is 1. The van der Waals surface area contributed by atoms with Gasteiger partial charge < -0.3 is 0 Å². The topological polar surface area (TPSA) is 12.9 Å². The molecular weight excluding hydrogens is 361 g/mol. The van der Waals surface area contributed by atoms with Crippen molar-refractivity contribution in [2.24, 2.45) is 11.8 Å². The number of pyridine rings is 1. The highest BCUT2D eigenvalue weighted by Crippen LogP contribution is 2.40. The van der Waals surface area contributed by atoms with Crippen LogP contribution in [0.25, 0.3) is 11.1 Å². The molecule has 1 heterocycles. The Morgan fingerprint density at radius 3 is 2.35 bits per heavy atom. The molecule has 1 aliphatic carbocycles. The standard InChI is InChI=1S/C23H29Cl2N/c1-3-4-5-17-6-8-18(9-7-17)16(2)19-10-12-20(13-11-19)21-14-22(24)23(25)26-15-21/h10-18H,3-9H2,1-2H3. The zero-order valence-electron chi connectivity index (χ0n) is 15.8. The Labute approximate surface area is 168 Å². The molecule has 0 spiro atoms. The molecule has 1 unspecified atom stereocenters. The first kappa shape index (κ1) is 19.7. The minimum atomic E-state index is 0.357. The number of hydrogen-bond acceptors (Lipinski definition) is 1. The third-order valence-corrected chi connectivity index (χ3v) is 6.82. The Hall–Kier alpha value is -1.05. The summed E-state index contributed by atoms with van der Waals surface area (Å²) < 4.78 is 0. The van der Waals surface area contributed by atoms with Crippen LogP contribution in [0.15, 0.2) is 36.5 Å². The van der Waals surface area contributed by atoms with E-state index in [2.05, 4.69) is 43.1 Å². The van der Waals surface area contributed by atoms with E-state index in [-0.39, 0.29) is 0 Å². The summed E-state index contributed by atoms with van der Waals surface area (Å²) in [6, 6.07) is 10.8. The van der Waals surface area contributed by atoms with Crippen LogP contribution in [-0.2, 0) is 0 Å². The molecule has 1 atom stereocenters. The van der Waals surface area contributed by atoms with Gasteiger partial charge in [0.05, 0.1) is 5.02 Å². The van der Waals surface area contributed by atoms with Crippen molar-refractivity contribution in [3.8, 4) is 11.1 Å². The van der Waals surface area contributed by atoms with Crippen LogP contribution in [0.1, 0.15) is 70.3 Å². The Morgan fingerprint density at radius 2 is 1.73 bits per heavy atom. The second-order valence-corrected chi connectivity index (χ2v) is 8.60. The number of rotatable bonds is 6. The van der Waals surface area contributed by atoms with Crippen molar-refractivity contribution in [3.63, 3.8) is 0 Å². The van der Waals surface area contributed by atoms with Crippen LogP contribution in [0.5, 0.6) is 0 Å². The monoisotopic (exact) mass is 389 g/mol. The maximum absolute atomic E-state index is 6.10.